The Bertz CT molecular complexity index is 1230. The zero-order valence-corrected chi connectivity index (χ0v) is 24.7. The molecule has 0 unspecified atom stereocenters. The molecule has 0 spiro atoms. The first-order valence-corrected chi connectivity index (χ1v) is 14.8. The first-order chi connectivity index (χ1) is 19.4. The number of hydrogen-bond acceptors (Lipinski definition) is 12. The van der Waals surface area contributed by atoms with E-state index in [2.05, 4.69) is 21.2 Å². The number of phenols is 1. The molecule has 2 rings (SSSR count). The summed E-state index contributed by atoms with van der Waals surface area (Å²) in [5.41, 5.74) is 4.87. The highest BCUT2D eigenvalue weighted by Crippen LogP contribution is 2.35. The fraction of sp³-hybridized carbons (Fsp3) is 0.423. The normalized spacial score (nSPS) is 12.3. The van der Waals surface area contributed by atoms with Gasteiger partial charge in [-0.25, -0.2) is 24.8 Å². The van der Waals surface area contributed by atoms with Crippen LogP contribution in [0, 0.1) is 16.0 Å². The molecule has 0 aliphatic carbocycles. The van der Waals surface area contributed by atoms with Gasteiger partial charge in [-0.3, -0.25) is 15.5 Å². The lowest BCUT2D eigenvalue weighted by Gasteiger charge is -2.26. The van der Waals surface area contributed by atoms with Gasteiger partial charge >= 0.3 is 17.9 Å². The van der Waals surface area contributed by atoms with Gasteiger partial charge in [-0.15, -0.1) is 0 Å². The highest BCUT2D eigenvalue weighted by molar-refractivity contribution is 8.76. The molecule has 0 saturated carbocycles. The van der Waals surface area contributed by atoms with Gasteiger partial charge < -0.3 is 19.9 Å². The number of aromatic nitrogens is 1. The summed E-state index contributed by atoms with van der Waals surface area (Å²) in [7, 11) is 2.32. The van der Waals surface area contributed by atoms with E-state index in [0.717, 1.165) is 16.4 Å². The molecule has 0 aliphatic rings. The van der Waals surface area contributed by atoms with Gasteiger partial charge in [0.05, 0.1) is 4.92 Å². The molecule has 1 heterocycles. The van der Waals surface area contributed by atoms with E-state index in [-0.39, 0.29) is 28.8 Å². The number of hydrogen-bond donors (Lipinski definition) is 4. The predicted molar refractivity (Wildman–Crippen MR) is 155 cm³/mol. The second-order valence-corrected chi connectivity index (χ2v) is 12.1. The van der Waals surface area contributed by atoms with Crippen molar-refractivity contribution >= 4 is 45.4 Å². The van der Waals surface area contributed by atoms with Crippen LogP contribution in [0.15, 0.2) is 53.3 Å². The largest absolute Gasteiger partial charge is 0.508 e. The molecule has 2 atom stereocenters. The van der Waals surface area contributed by atoms with Crippen molar-refractivity contribution in [2.24, 2.45) is 5.92 Å². The number of allylic oxidation sites excluding steroid dienone is 1. The number of aromatic hydroxyl groups is 1. The third kappa shape index (κ3) is 12.8. The molecule has 1 aromatic heterocycles. The van der Waals surface area contributed by atoms with Crippen LogP contribution in [0.25, 0.3) is 0 Å². The van der Waals surface area contributed by atoms with E-state index in [1.807, 2.05) is 0 Å². The molecule has 13 nitrogen and oxygen atoms in total. The molecule has 0 aliphatic heterocycles. The molecule has 2 aromatic rings. The van der Waals surface area contributed by atoms with E-state index in [1.54, 1.807) is 45.8 Å². The molecule has 0 fully saturated rings. The predicted octanol–water partition coefficient (Wildman–Crippen LogP) is 4.54. The molecule has 0 saturated heterocycles. The van der Waals surface area contributed by atoms with Gasteiger partial charge in [0, 0.05) is 30.0 Å². The number of benzene rings is 1. The lowest BCUT2D eigenvalue weighted by Crippen LogP contribution is -2.43. The molecule has 0 bridgehead atoms. The van der Waals surface area contributed by atoms with Gasteiger partial charge in [0.1, 0.15) is 29.6 Å². The third-order valence-corrected chi connectivity index (χ3v) is 7.42. The summed E-state index contributed by atoms with van der Waals surface area (Å²) in [6, 6.07) is 8.91. The van der Waals surface area contributed by atoms with E-state index in [9.17, 15) is 29.6 Å². The number of rotatable bonds is 14. The van der Waals surface area contributed by atoms with Crippen molar-refractivity contribution in [1.82, 2.24) is 21.2 Å². The van der Waals surface area contributed by atoms with E-state index >= 15 is 0 Å². The Morgan fingerprint density at radius 1 is 1.17 bits per heavy atom. The number of nitrogens with one attached hydrogen (secondary N) is 3. The Balaban J connectivity index is 1.85. The highest BCUT2D eigenvalue weighted by atomic mass is 33.1. The minimum absolute atomic E-state index is 0.00395. The minimum atomic E-state index is -0.841. The van der Waals surface area contributed by atoms with Crippen molar-refractivity contribution in [2.75, 3.05) is 12.4 Å². The molecular weight excluding hydrogens is 574 g/mol. The van der Waals surface area contributed by atoms with Crippen LogP contribution in [0.4, 0.5) is 15.3 Å². The Hall–Kier alpha value is -3.94. The monoisotopic (exact) mass is 607 g/mol. The average Bonchev–Trinajstić information content (AvgIpc) is 2.89. The van der Waals surface area contributed by atoms with Crippen LogP contribution in [-0.4, -0.2) is 57.1 Å². The number of amides is 2. The molecule has 222 valence electrons. The number of nitro groups is 1. The van der Waals surface area contributed by atoms with Gasteiger partial charge in [-0.05, 0) is 68.2 Å². The second kappa shape index (κ2) is 16.4. The number of carbonyl (C=O) groups excluding carboxylic acids is 3. The summed E-state index contributed by atoms with van der Waals surface area (Å²) in [6.07, 6.45) is 0.679. The van der Waals surface area contributed by atoms with E-state index < -0.39 is 34.7 Å². The minimum Gasteiger partial charge on any atom is -0.508 e. The molecule has 0 radical (unpaired) electrons. The summed E-state index contributed by atoms with van der Waals surface area (Å²) >= 11 is 0. The number of carbonyl (C=O) groups is 2. The number of phenolic OH excluding ortho intramolecular Hbond substituents is 1. The summed E-state index contributed by atoms with van der Waals surface area (Å²) in [4.78, 5) is 50.7. The fourth-order valence-electron chi connectivity index (χ4n) is 3.38. The quantitative estimate of drug-likeness (QED) is 0.0774. The maximum Gasteiger partial charge on any atom is 0.425 e. The maximum absolute atomic E-state index is 12.4. The van der Waals surface area contributed by atoms with Crippen LogP contribution >= 0.6 is 21.6 Å². The zero-order valence-electron chi connectivity index (χ0n) is 23.0. The number of nitrogens with zero attached hydrogens (tertiary/aromatic N) is 2. The lowest BCUT2D eigenvalue weighted by molar-refractivity contribution is -0.388. The van der Waals surface area contributed by atoms with Gasteiger partial charge in [-0.2, -0.15) is 0 Å². The van der Waals surface area contributed by atoms with Crippen molar-refractivity contribution in [2.45, 2.75) is 57.2 Å². The van der Waals surface area contributed by atoms with Gasteiger partial charge in [0.2, 0.25) is 0 Å². The maximum atomic E-state index is 12.4. The summed E-state index contributed by atoms with van der Waals surface area (Å²) < 4.78 is 10.4. The first kappa shape index (κ1) is 33.3. The molecule has 2 amide bonds. The van der Waals surface area contributed by atoms with Crippen molar-refractivity contribution in [3.05, 3.63) is 64.0 Å². The zero-order chi connectivity index (χ0) is 30.4. The van der Waals surface area contributed by atoms with Gasteiger partial charge in [0.25, 0.3) is 0 Å². The number of pyridine rings is 1. The Morgan fingerprint density at radius 2 is 1.88 bits per heavy atom. The highest BCUT2D eigenvalue weighted by Gasteiger charge is 2.23. The van der Waals surface area contributed by atoms with Crippen LogP contribution in [0.2, 0.25) is 0 Å². The Labute approximate surface area is 245 Å². The van der Waals surface area contributed by atoms with Crippen molar-refractivity contribution < 1.29 is 33.9 Å². The number of hydrazine groups is 1. The summed E-state index contributed by atoms with van der Waals surface area (Å²) in [5, 5.41) is 23.7. The number of ether oxygens (including phenoxy) is 2. The number of alkyl carbamates (subject to hydrolysis) is 1. The van der Waals surface area contributed by atoms with Crippen LogP contribution in [0.3, 0.4) is 0 Å². The van der Waals surface area contributed by atoms with E-state index in [0.29, 0.717) is 18.6 Å². The molecule has 1 aromatic carbocycles. The molecule has 15 heteroatoms. The van der Waals surface area contributed by atoms with Crippen LogP contribution < -0.4 is 16.2 Å². The topological polar surface area (TPSA) is 182 Å². The summed E-state index contributed by atoms with van der Waals surface area (Å²) in [6.45, 7) is 6.96. The smallest absolute Gasteiger partial charge is 0.425 e. The summed E-state index contributed by atoms with van der Waals surface area (Å²) in [5.74, 6) is 1.75. The molecule has 41 heavy (non-hydrogen) atoms. The lowest BCUT2D eigenvalue weighted by atomic mass is 9.94. The van der Waals surface area contributed by atoms with Crippen LogP contribution in [0.5, 0.6) is 5.75 Å². The fourth-order valence-corrected chi connectivity index (χ4v) is 5.24. The van der Waals surface area contributed by atoms with Crippen molar-refractivity contribution in [3.8, 4) is 5.75 Å². The standard InChI is InChI=1S/C26H33N5O8S2/c1-17(14-19(28-24(34)39-26(2,3)4)15-18-7-9-20(33)10-8-18)21(16-32)29-30-25(35)38-12-13-40-41-23-22(31(36)37)6-5-11-27-23/h5-11,17,19,29,33H,12-15H2,1-4H3,(H,28,34)(H,30,35)/t17-,19+/m0/s1. The van der Waals surface area contributed by atoms with Crippen LogP contribution in [0.1, 0.15) is 39.7 Å². The van der Waals surface area contributed by atoms with E-state index in [1.165, 1.54) is 41.3 Å². The van der Waals surface area contributed by atoms with Gasteiger partial charge in [-0.1, -0.05) is 29.9 Å². The Morgan fingerprint density at radius 3 is 2.51 bits per heavy atom. The average molecular weight is 608 g/mol. The molecular formula is C26H33N5O8S2. The van der Waals surface area contributed by atoms with E-state index in [4.69, 9.17) is 9.47 Å². The SMILES string of the molecule is C[C@@H](C[C@H](Cc1ccc(O)cc1)NC(=O)OC(C)(C)C)C(=C=O)NNC(=O)OCCSSc1ncccc1[N+](=O)[O-]. The molecule has 4 N–H and O–H groups in total. The van der Waals surface area contributed by atoms with Crippen molar-refractivity contribution in [3.63, 3.8) is 0 Å². The third-order valence-electron chi connectivity index (χ3n) is 5.16. The second-order valence-electron chi connectivity index (χ2n) is 9.74. The van der Waals surface area contributed by atoms with Gasteiger partial charge in [0.15, 0.2) is 5.03 Å². The first-order valence-electron chi connectivity index (χ1n) is 12.5. The van der Waals surface area contributed by atoms with Crippen LogP contribution in [-0.2, 0) is 20.7 Å². The van der Waals surface area contributed by atoms with Crippen molar-refractivity contribution in [1.29, 1.82) is 0 Å². The Kier molecular flexibility index (Phi) is 13.3.